The largest absolute Gasteiger partial charge is 0.479 e. The lowest BCUT2D eigenvalue weighted by molar-refractivity contribution is -0.144. The maximum Gasteiger partial charge on any atom is 0.330 e. The molecule has 21 heavy (non-hydrogen) atoms. The minimum absolute atomic E-state index is 0.161. The summed E-state index contributed by atoms with van der Waals surface area (Å²) in [6.07, 6.45) is 2.43. The Bertz CT molecular complexity index is 496. The molecule has 0 spiro atoms. The first-order valence-electron chi connectivity index (χ1n) is 7.38. The van der Waals surface area contributed by atoms with Gasteiger partial charge in [0.15, 0.2) is 6.04 Å². The van der Waals surface area contributed by atoms with Crippen molar-refractivity contribution in [3.63, 3.8) is 0 Å². The number of aliphatic carboxylic acids is 1. The Morgan fingerprint density at radius 2 is 2.10 bits per heavy atom. The van der Waals surface area contributed by atoms with E-state index in [0.717, 1.165) is 25.8 Å². The van der Waals surface area contributed by atoms with Crippen LogP contribution in [0.1, 0.15) is 37.8 Å². The quantitative estimate of drug-likeness (QED) is 0.745. The van der Waals surface area contributed by atoms with Crippen LogP contribution in [0.25, 0.3) is 0 Å². The predicted octanol–water partition coefficient (Wildman–Crippen LogP) is 1.71. The zero-order chi connectivity index (χ0) is 15.3. The van der Waals surface area contributed by atoms with E-state index in [9.17, 15) is 14.7 Å². The summed E-state index contributed by atoms with van der Waals surface area (Å²) in [5.41, 5.74) is 0.119. The molecule has 5 heteroatoms. The third-order valence-corrected chi connectivity index (χ3v) is 4.11. The fourth-order valence-electron chi connectivity index (χ4n) is 2.96. The van der Waals surface area contributed by atoms with Crippen LogP contribution < -0.4 is 10.6 Å². The number of carboxylic acid groups (broad SMARTS) is 1. The van der Waals surface area contributed by atoms with Gasteiger partial charge in [0.2, 0.25) is 5.91 Å². The summed E-state index contributed by atoms with van der Waals surface area (Å²) in [5, 5.41) is 15.3. The first-order chi connectivity index (χ1) is 10.1. The molecule has 2 atom stereocenters. The summed E-state index contributed by atoms with van der Waals surface area (Å²) in [6, 6.07) is 7.82. The van der Waals surface area contributed by atoms with Gasteiger partial charge in [-0.3, -0.25) is 4.79 Å². The van der Waals surface area contributed by atoms with Crippen molar-refractivity contribution in [3.05, 3.63) is 35.9 Å². The molecule has 3 N–H and O–H groups in total. The van der Waals surface area contributed by atoms with Gasteiger partial charge in [-0.25, -0.2) is 4.79 Å². The number of rotatable bonds is 6. The van der Waals surface area contributed by atoms with Crippen molar-refractivity contribution < 1.29 is 14.7 Å². The molecular weight excluding hydrogens is 268 g/mol. The standard InChI is InChI=1S/C16H22N2O3/c1-2-8-16(9-10-17-11-16)15(21)18-13(14(19)20)12-6-4-3-5-7-12/h3-7,13,17H,2,8-11H2,1H3,(H,18,21)(H,19,20). The minimum atomic E-state index is -1.04. The molecule has 1 aromatic carbocycles. The van der Waals surface area contributed by atoms with E-state index in [-0.39, 0.29) is 5.91 Å². The lowest BCUT2D eigenvalue weighted by Gasteiger charge is -2.28. The van der Waals surface area contributed by atoms with E-state index in [1.807, 2.05) is 13.0 Å². The highest BCUT2D eigenvalue weighted by molar-refractivity contribution is 5.88. The smallest absolute Gasteiger partial charge is 0.330 e. The van der Waals surface area contributed by atoms with Gasteiger partial charge in [-0.15, -0.1) is 0 Å². The second-order valence-corrected chi connectivity index (χ2v) is 5.61. The van der Waals surface area contributed by atoms with E-state index in [1.54, 1.807) is 24.3 Å². The molecule has 0 aliphatic carbocycles. The summed E-state index contributed by atoms with van der Waals surface area (Å²) in [5.74, 6) is -1.20. The highest BCUT2D eigenvalue weighted by atomic mass is 16.4. The number of nitrogens with one attached hydrogen (secondary N) is 2. The first-order valence-corrected chi connectivity index (χ1v) is 7.38. The van der Waals surface area contributed by atoms with Crippen LogP contribution in [0.4, 0.5) is 0 Å². The molecule has 0 aromatic heterocycles. The molecule has 1 saturated heterocycles. The number of hydrogen-bond donors (Lipinski definition) is 3. The van der Waals surface area contributed by atoms with E-state index in [4.69, 9.17) is 0 Å². The molecule has 1 heterocycles. The predicted molar refractivity (Wildman–Crippen MR) is 79.8 cm³/mol. The molecule has 1 aliphatic heterocycles. The van der Waals surface area contributed by atoms with E-state index >= 15 is 0 Å². The van der Waals surface area contributed by atoms with Crippen molar-refractivity contribution in [2.45, 2.75) is 32.2 Å². The number of carbonyl (C=O) groups excluding carboxylic acids is 1. The molecule has 0 bridgehead atoms. The molecule has 114 valence electrons. The molecule has 1 aromatic rings. The van der Waals surface area contributed by atoms with Crippen LogP contribution in [-0.2, 0) is 9.59 Å². The second-order valence-electron chi connectivity index (χ2n) is 5.61. The first kappa shape index (κ1) is 15.5. The Labute approximate surface area is 124 Å². The number of carbonyl (C=O) groups is 2. The SMILES string of the molecule is CCCC1(C(=O)NC(C(=O)O)c2ccccc2)CCNC1. The average molecular weight is 290 g/mol. The van der Waals surface area contributed by atoms with E-state index in [0.29, 0.717) is 12.1 Å². The van der Waals surface area contributed by atoms with Gasteiger partial charge in [-0.1, -0.05) is 43.7 Å². The Hall–Kier alpha value is -1.88. The summed E-state index contributed by atoms with van der Waals surface area (Å²) in [6.45, 7) is 3.46. The van der Waals surface area contributed by atoms with Crippen molar-refractivity contribution >= 4 is 11.9 Å². The number of hydrogen-bond acceptors (Lipinski definition) is 3. The zero-order valence-corrected chi connectivity index (χ0v) is 12.3. The molecular formula is C16H22N2O3. The number of carboxylic acids is 1. The van der Waals surface area contributed by atoms with Crippen LogP contribution in [0.5, 0.6) is 0 Å². The van der Waals surface area contributed by atoms with Crippen molar-refractivity contribution in [2.75, 3.05) is 13.1 Å². The Kier molecular flexibility index (Phi) is 4.96. The molecule has 1 amide bonds. The third kappa shape index (κ3) is 3.42. The molecule has 2 rings (SSSR count). The van der Waals surface area contributed by atoms with Gasteiger partial charge in [0.1, 0.15) is 0 Å². The maximum atomic E-state index is 12.6. The summed E-state index contributed by atoms with van der Waals surface area (Å²) in [7, 11) is 0. The molecule has 0 radical (unpaired) electrons. The summed E-state index contributed by atoms with van der Waals surface area (Å²) >= 11 is 0. The van der Waals surface area contributed by atoms with Crippen LogP contribution in [0.2, 0.25) is 0 Å². The maximum absolute atomic E-state index is 12.6. The summed E-state index contributed by atoms with van der Waals surface area (Å²) in [4.78, 5) is 24.1. The lowest BCUT2D eigenvalue weighted by Crippen LogP contribution is -2.45. The van der Waals surface area contributed by atoms with Gasteiger partial charge in [0, 0.05) is 6.54 Å². The molecule has 1 fully saturated rings. The molecule has 1 aliphatic rings. The van der Waals surface area contributed by atoms with Crippen LogP contribution in [0.3, 0.4) is 0 Å². The van der Waals surface area contributed by atoms with Gasteiger partial charge >= 0.3 is 5.97 Å². The highest BCUT2D eigenvalue weighted by Crippen LogP contribution is 2.32. The van der Waals surface area contributed by atoms with Crippen LogP contribution in [-0.4, -0.2) is 30.1 Å². The van der Waals surface area contributed by atoms with Crippen molar-refractivity contribution in [2.24, 2.45) is 5.41 Å². The minimum Gasteiger partial charge on any atom is -0.479 e. The number of amides is 1. The second kappa shape index (κ2) is 6.72. The Morgan fingerprint density at radius 1 is 1.38 bits per heavy atom. The van der Waals surface area contributed by atoms with Crippen molar-refractivity contribution in [1.82, 2.24) is 10.6 Å². The van der Waals surface area contributed by atoms with E-state index in [1.165, 1.54) is 0 Å². The fourth-order valence-corrected chi connectivity index (χ4v) is 2.96. The summed E-state index contributed by atoms with van der Waals surface area (Å²) < 4.78 is 0. The molecule has 2 unspecified atom stereocenters. The van der Waals surface area contributed by atoms with Gasteiger partial charge in [0.05, 0.1) is 5.41 Å². The normalized spacial score (nSPS) is 22.7. The number of benzene rings is 1. The third-order valence-electron chi connectivity index (χ3n) is 4.11. The molecule has 0 saturated carbocycles. The zero-order valence-electron chi connectivity index (χ0n) is 12.3. The van der Waals surface area contributed by atoms with Gasteiger partial charge < -0.3 is 15.7 Å². The average Bonchev–Trinajstić information content (AvgIpc) is 2.95. The van der Waals surface area contributed by atoms with Crippen LogP contribution in [0, 0.1) is 5.41 Å². The van der Waals surface area contributed by atoms with Gasteiger partial charge in [-0.2, -0.15) is 0 Å². The topological polar surface area (TPSA) is 78.4 Å². The van der Waals surface area contributed by atoms with E-state index < -0.39 is 17.4 Å². The molecule has 5 nitrogen and oxygen atoms in total. The Balaban J connectivity index is 2.17. The lowest BCUT2D eigenvalue weighted by atomic mass is 9.81. The van der Waals surface area contributed by atoms with Crippen LogP contribution >= 0.6 is 0 Å². The fraction of sp³-hybridized carbons (Fsp3) is 0.500. The monoisotopic (exact) mass is 290 g/mol. The van der Waals surface area contributed by atoms with Crippen LogP contribution in [0.15, 0.2) is 30.3 Å². The van der Waals surface area contributed by atoms with Gasteiger partial charge in [-0.05, 0) is 24.9 Å². The Morgan fingerprint density at radius 3 is 2.62 bits per heavy atom. The van der Waals surface area contributed by atoms with E-state index in [2.05, 4.69) is 10.6 Å². The van der Waals surface area contributed by atoms with Crippen molar-refractivity contribution in [1.29, 1.82) is 0 Å². The highest BCUT2D eigenvalue weighted by Gasteiger charge is 2.41. The van der Waals surface area contributed by atoms with Gasteiger partial charge in [0.25, 0.3) is 0 Å². The van der Waals surface area contributed by atoms with Crippen molar-refractivity contribution in [3.8, 4) is 0 Å².